The van der Waals surface area contributed by atoms with E-state index in [1.807, 2.05) is 0 Å². The molecule has 2 saturated heterocycles. The molecule has 2 atom stereocenters. The van der Waals surface area contributed by atoms with Gasteiger partial charge in [-0.15, -0.1) is 0 Å². The van der Waals surface area contributed by atoms with Gasteiger partial charge in [-0.25, -0.2) is 8.42 Å². The van der Waals surface area contributed by atoms with Crippen LogP contribution in [0.2, 0.25) is 0 Å². The minimum Gasteiger partial charge on any atom is -0.339 e. The smallest absolute Gasteiger partial charge is 0.226 e. The summed E-state index contributed by atoms with van der Waals surface area (Å²) < 4.78 is 28.6. The van der Waals surface area contributed by atoms with Gasteiger partial charge in [0.25, 0.3) is 0 Å². The second-order valence-electron chi connectivity index (χ2n) is 5.92. The summed E-state index contributed by atoms with van der Waals surface area (Å²) in [5.74, 6) is 2.41. The maximum absolute atomic E-state index is 11.6. The molecule has 1 N–H and O–H groups in total. The van der Waals surface area contributed by atoms with E-state index in [9.17, 15) is 8.42 Å². The third-order valence-electron chi connectivity index (χ3n) is 4.17. The van der Waals surface area contributed by atoms with Gasteiger partial charge in [0.15, 0.2) is 15.7 Å². The van der Waals surface area contributed by atoms with Crippen LogP contribution in [0.3, 0.4) is 0 Å². The van der Waals surface area contributed by atoms with Crippen LogP contribution in [-0.2, 0) is 16.3 Å². The summed E-state index contributed by atoms with van der Waals surface area (Å²) in [5.41, 5.74) is 0. The number of piperidine rings is 1. The minimum atomic E-state index is -2.87. The lowest BCUT2D eigenvalue weighted by molar-refractivity contribution is 0.340. The van der Waals surface area contributed by atoms with Crippen molar-refractivity contribution in [1.82, 2.24) is 15.5 Å². The minimum absolute atomic E-state index is 0.131. The fourth-order valence-electron chi connectivity index (χ4n) is 3.11. The molecule has 0 aliphatic carbocycles. The first kappa shape index (κ1) is 14.0. The van der Waals surface area contributed by atoms with E-state index in [4.69, 9.17) is 4.52 Å². The molecule has 3 rings (SSSR count). The molecule has 0 aromatic carbocycles. The Hall–Kier alpha value is -0.950. The third-order valence-corrected chi connectivity index (χ3v) is 6.06. The first-order valence-electron chi connectivity index (χ1n) is 7.36. The van der Waals surface area contributed by atoms with Gasteiger partial charge in [0.05, 0.1) is 11.5 Å². The largest absolute Gasteiger partial charge is 0.339 e. The average molecular weight is 299 g/mol. The quantitative estimate of drug-likeness (QED) is 0.892. The lowest BCUT2D eigenvalue weighted by Gasteiger charge is -2.20. The van der Waals surface area contributed by atoms with Gasteiger partial charge in [0.2, 0.25) is 5.89 Å². The number of hydrogen-bond donors (Lipinski definition) is 1. The molecule has 2 unspecified atom stereocenters. The predicted molar refractivity (Wildman–Crippen MR) is 74.2 cm³/mol. The van der Waals surface area contributed by atoms with Crippen LogP contribution in [0, 0.1) is 5.92 Å². The van der Waals surface area contributed by atoms with Crippen molar-refractivity contribution in [3.8, 4) is 0 Å². The van der Waals surface area contributed by atoms with E-state index in [1.165, 1.54) is 0 Å². The number of aromatic nitrogens is 2. The standard InChI is InChI=1S/C13H21N3O3S/c17-20(18)6-2-3-10(9-20)7-12-15-13(16-19-12)11-4-1-5-14-8-11/h10-11,14H,1-9H2. The number of nitrogens with one attached hydrogen (secondary N) is 1. The molecule has 1 aromatic rings. The highest BCUT2D eigenvalue weighted by Crippen LogP contribution is 2.24. The molecule has 112 valence electrons. The van der Waals surface area contributed by atoms with E-state index in [0.717, 1.165) is 44.6 Å². The second-order valence-corrected chi connectivity index (χ2v) is 8.15. The first-order valence-corrected chi connectivity index (χ1v) is 9.18. The van der Waals surface area contributed by atoms with Crippen LogP contribution in [0.4, 0.5) is 0 Å². The van der Waals surface area contributed by atoms with Gasteiger partial charge in [0.1, 0.15) is 0 Å². The van der Waals surface area contributed by atoms with E-state index in [2.05, 4.69) is 15.5 Å². The fourth-order valence-corrected chi connectivity index (χ4v) is 4.89. The van der Waals surface area contributed by atoms with Crippen molar-refractivity contribution in [1.29, 1.82) is 0 Å². The van der Waals surface area contributed by atoms with E-state index in [1.54, 1.807) is 0 Å². The normalized spacial score (nSPS) is 30.2. The molecule has 3 heterocycles. The van der Waals surface area contributed by atoms with Crippen molar-refractivity contribution in [2.45, 2.75) is 38.0 Å². The van der Waals surface area contributed by atoms with E-state index in [-0.39, 0.29) is 11.7 Å². The van der Waals surface area contributed by atoms with Crippen molar-refractivity contribution in [2.75, 3.05) is 24.6 Å². The molecule has 7 heteroatoms. The summed E-state index contributed by atoms with van der Waals surface area (Å²) in [5, 5.41) is 7.40. The van der Waals surface area contributed by atoms with Crippen LogP contribution < -0.4 is 5.32 Å². The van der Waals surface area contributed by atoms with Crippen LogP contribution in [0.1, 0.15) is 43.3 Å². The number of nitrogens with zero attached hydrogens (tertiary/aromatic N) is 2. The molecular weight excluding hydrogens is 278 g/mol. The zero-order chi connectivity index (χ0) is 14.0. The molecule has 1 aromatic heterocycles. The van der Waals surface area contributed by atoms with Crippen LogP contribution in [0.15, 0.2) is 4.52 Å². The molecule has 20 heavy (non-hydrogen) atoms. The maximum Gasteiger partial charge on any atom is 0.226 e. The Morgan fingerprint density at radius 3 is 2.95 bits per heavy atom. The molecule has 0 spiro atoms. The van der Waals surface area contributed by atoms with Gasteiger partial charge >= 0.3 is 0 Å². The van der Waals surface area contributed by atoms with Crippen molar-refractivity contribution >= 4 is 9.84 Å². The highest BCUT2D eigenvalue weighted by molar-refractivity contribution is 7.91. The molecular formula is C13H21N3O3S. The van der Waals surface area contributed by atoms with Crippen LogP contribution in [-0.4, -0.2) is 43.2 Å². The van der Waals surface area contributed by atoms with Crippen molar-refractivity contribution in [2.24, 2.45) is 5.92 Å². The molecule has 2 aliphatic rings. The number of rotatable bonds is 3. The Labute approximate surface area is 119 Å². The topological polar surface area (TPSA) is 85.1 Å². The summed E-state index contributed by atoms with van der Waals surface area (Å²) in [6, 6.07) is 0. The maximum atomic E-state index is 11.6. The SMILES string of the molecule is O=S1(=O)CCCC(Cc2nc(C3CCCNC3)no2)C1. The second kappa shape index (κ2) is 5.81. The predicted octanol–water partition coefficient (Wildman–Crippen LogP) is 0.904. The Morgan fingerprint density at radius 1 is 1.30 bits per heavy atom. The van der Waals surface area contributed by atoms with Crippen LogP contribution in [0.5, 0.6) is 0 Å². The lowest BCUT2D eigenvalue weighted by atomic mass is 9.99. The highest BCUT2D eigenvalue weighted by atomic mass is 32.2. The Morgan fingerprint density at radius 2 is 2.20 bits per heavy atom. The lowest BCUT2D eigenvalue weighted by Crippen LogP contribution is -2.29. The van der Waals surface area contributed by atoms with E-state index >= 15 is 0 Å². The van der Waals surface area contributed by atoms with Gasteiger partial charge in [-0.3, -0.25) is 0 Å². The molecule has 0 bridgehead atoms. The van der Waals surface area contributed by atoms with E-state index < -0.39 is 9.84 Å². The molecule has 2 fully saturated rings. The molecule has 2 aliphatic heterocycles. The molecule has 0 radical (unpaired) electrons. The molecule has 0 amide bonds. The summed E-state index contributed by atoms with van der Waals surface area (Å²) >= 11 is 0. The molecule has 6 nitrogen and oxygen atoms in total. The fraction of sp³-hybridized carbons (Fsp3) is 0.846. The van der Waals surface area contributed by atoms with Gasteiger partial charge in [-0.05, 0) is 38.1 Å². The van der Waals surface area contributed by atoms with Crippen molar-refractivity contribution < 1.29 is 12.9 Å². The Kier molecular flexibility index (Phi) is 4.07. The third kappa shape index (κ3) is 3.38. The number of hydrogen-bond acceptors (Lipinski definition) is 6. The Bertz CT molecular complexity index is 549. The van der Waals surface area contributed by atoms with Crippen molar-refractivity contribution in [3.63, 3.8) is 0 Å². The zero-order valence-corrected chi connectivity index (χ0v) is 12.4. The summed E-state index contributed by atoms with van der Waals surface area (Å²) in [4.78, 5) is 4.46. The van der Waals surface area contributed by atoms with Crippen molar-refractivity contribution in [3.05, 3.63) is 11.7 Å². The van der Waals surface area contributed by atoms with Crippen LogP contribution in [0.25, 0.3) is 0 Å². The van der Waals surface area contributed by atoms with Gasteiger partial charge in [0, 0.05) is 18.9 Å². The van der Waals surface area contributed by atoms with Gasteiger partial charge < -0.3 is 9.84 Å². The monoisotopic (exact) mass is 299 g/mol. The first-order chi connectivity index (χ1) is 9.62. The summed E-state index contributed by atoms with van der Waals surface area (Å²) in [6.07, 6.45) is 4.49. The average Bonchev–Trinajstić information content (AvgIpc) is 2.87. The number of sulfone groups is 1. The zero-order valence-electron chi connectivity index (χ0n) is 11.5. The van der Waals surface area contributed by atoms with Gasteiger partial charge in [-0.1, -0.05) is 5.16 Å². The Balaban J connectivity index is 1.62. The summed E-state index contributed by atoms with van der Waals surface area (Å²) in [7, 11) is -2.87. The summed E-state index contributed by atoms with van der Waals surface area (Å²) in [6.45, 7) is 1.96. The highest BCUT2D eigenvalue weighted by Gasteiger charge is 2.27. The van der Waals surface area contributed by atoms with E-state index in [0.29, 0.717) is 24.0 Å². The molecule has 0 saturated carbocycles. The van der Waals surface area contributed by atoms with Crippen LogP contribution >= 0.6 is 0 Å². The van der Waals surface area contributed by atoms with Gasteiger partial charge in [-0.2, -0.15) is 4.98 Å².